The normalized spacial score (nSPS) is 0. The Bertz CT molecular complexity index is 36.1. The van der Waals surface area contributed by atoms with Gasteiger partial charge in [-0.15, -0.1) is 0 Å². The molecular formula is Mg2Nb2O13Pb2Ti2. The van der Waals surface area contributed by atoms with Gasteiger partial charge in [0.2, 0.25) is 0 Å². The number of hydrogen-bond donors (Lipinski definition) is 0. The van der Waals surface area contributed by atoms with E-state index >= 15 is 0 Å². The number of hydrogen-bond acceptors (Lipinski definition) is 0. The standard InChI is InChI=1S/2Mg.2Nb.13O.2Pb.2Ti/q2*+2;2*+5;13*-2;2*+2;2*+4. The van der Waals surface area contributed by atoms with Crippen molar-refractivity contribution in [3.8, 4) is 0 Å². The molecule has 0 fully saturated rings. The second-order valence-corrected chi connectivity index (χ2v) is 0. The van der Waals surface area contributed by atoms with Gasteiger partial charge in [0.1, 0.15) is 0 Å². The van der Waals surface area contributed by atoms with Crippen LogP contribution in [-0.2, 0) is 159 Å². The second-order valence-electron chi connectivity index (χ2n) is 0. The Labute approximate surface area is 255 Å². The first-order valence-electron chi connectivity index (χ1n) is 0. The maximum absolute atomic E-state index is 0. The first-order valence-corrected chi connectivity index (χ1v) is 0. The molecule has 0 spiro atoms. The maximum atomic E-state index is 0. The van der Waals surface area contributed by atoms with Gasteiger partial charge in [0, 0.05) is 0 Å². The minimum absolute atomic E-state index is 0. The monoisotopic (exact) mass is 954 g/mol. The van der Waals surface area contributed by atoms with Crippen molar-refractivity contribution in [3.05, 3.63) is 0 Å². The first-order chi connectivity index (χ1) is 0. The third kappa shape index (κ3) is 438. The zero-order valence-corrected chi connectivity index (χ0v) is 27.7. The molecule has 0 amide bonds. The smallest absolute Gasteiger partial charge is 2.00 e. The summed E-state index contributed by atoms with van der Waals surface area (Å²) >= 11 is 0. The van der Waals surface area contributed by atoms with Gasteiger partial charge in [0.05, 0.1) is 0 Å². The Kier molecular flexibility index (Phi) is 12100. The molecule has 21 heteroatoms. The molecule has 0 aromatic rings. The predicted octanol–water partition coefficient (Wildman–Crippen LogP) is -3.08. The van der Waals surface area contributed by atoms with Crippen molar-refractivity contribution < 1.29 is 159 Å². The van der Waals surface area contributed by atoms with E-state index in [1.165, 1.54) is 0 Å². The van der Waals surface area contributed by atoms with E-state index in [9.17, 15) is 0 Å². The summed E-state index contributed by atoms with van der Waals surface area (Å²) in [6, 6.07) is 0. The molecule has 0 rings (SSSR count). The molecule has 21 heavy (non-hydrogen) atoms. The Morgan fingerprint density at radius 1 is 0.238 bits per heavy atom. The molecule has 0 aromatic heterocycles. The third-order valence-corrected chi connectivity index (χ3v) is 0. The summed E-state index contributed by atoms with van der Waals surface area (Å²) in [4.78, 5) is 0. The third-order valence-electron chi connectivity index (χ3n) is 0. The van der Waals surface area contributed by atoms with Crippen LogP contribution < -0.4 is 0 Å². The van der Waals surface area contributed by atoms with E-state index in [4.69, 9.17) is 0 Å². The van der Waals surface area contributed by atoms with E-state index in [0.717, 1.165) is 0 Å². The van der Waals surface area contributed by atoms with Crippen molar-refractivity contribution in [1.82, 2.24) is 0 Å². The van der Waals surface area contributed by atoms with Gasteiger partial charge in [0.25, 0.3) is 0 Å². The van der Waals surface area contributed by atoms with E-state index in [2.05, 4.69) is 0 Å². The molecule has 4 radical (unpaired) electrons. The summed E-state index contributed by atoms with van der Waals surface area (Å²) in [5.74, 6) is 0. The zero-order chi connectivity index (χ0) is 0. The molecule has 0 aromatic carbocycles. The quantitative estimate of drug-likeness (QED) is 0.218. The van der Waals surface area contributed by atoms with E-state index in [-0.39, 0.29) is 260 Å². The van der Waals surface area contributed by atoms with Gasteiger partial charge >= 0.3 is 189 Å². The second kappa shape index (κ2) is 475. The van der Waals surface area contributed by atoms with Crippen LogP contribution in [0, 0.1) is 0 Å². The molecule has 0 saturated heterocycles. The van der Waals surface area contributed by atoms with Crippen LogP contribution >= 0.6 is 0 Å². The SMILES string of the molecule is [Mg+2].[Mg+2].[Nb+5].[Nb+5].[O-2].[O-2].[O-2].[O-2].[O-2].[O-2].[O-2].[O-2].[O-2].[O-2].[O-2].[O-2].[O-2].[Pb+2].[Pb+2].[Ti+4].[Ti+4]. The Morgan fingerprint density at radius 2 is 0.238 bits per heavy atom. The number of rotatable bonds is 0. The first kappa shape index (κ1) is 535. The molecule has 13 nitrogen and oxygen atoms in total. The van der Waals surface area contributed by atoms with Gasteiger partial charge in [-0.05, 0) is 0 Å². The minimum atomic E-state index is 0. The fourth-order valence-corrected chi connectivity index (χ4v) is 0. The molecule has 0 aliphatic carbocycles. The van der Waals surface area contributed by atoms with Crippen molar-refractivity contribution >= 4 is 101 Å². The minimum Gasteiger partial charge on any atom is -2.00 e. The van der Waals surface area contributed by atoms with Crippen molar-refractivity contribution in [2.75, 3.05) is 0 Å². The predicted molar refractivity (Wildman–Crippen MR) is 31.9 cm³/mol. The van der Waals surface area contributed by atoms with Gasteiger partial charge in [-0.2, -0.15) is 0 Å². The van der Waals surface area contributed by atoms with Crippen LogP contribution in [0.15, 0.2) is 0 Å². The van der Waals surface area contributed by atoms with Crippen LogP contribution in [0.25, 0.3) is 0 Å². The molecule has 0 N–H and O–H groups in total. The van der Waals surface area contributed by atoms with E-state index in [0.29, 0.717) is 0 Å². The molecule has 0 unspecified atom stereocenters. The average Bonchev–Trinajstić information content (AvgIpc) is 0. The summed E-state index contributed by atoms with van der Waals surface area (Å²) in [7, 11) is 0. The summed E-state index contributed by atoms with van der Waals surface area (Å²) in [5, 5.41) is 0. The zero-order valence-electron chi connectivity index (χ0n) is 9.62. The molecule has 0 saturated carbocycles. The van der Waals surface area contributed by atoms with Crippen LogP contribution in [0.2, 0.25) is 0 Å². The largest absolute Gasteiger partial charge is 5.00 e. The van der Waals surface area contributed by atoms with E-state index in [1.807, 2.05) is 0 Å². The van der Waals surface area contributed by atoms with Gasteiger partial charge in [0.15, 0.2) is 0 Å². The summed E-state index contributed by atoms with van der Waals surface area (Å²) in [6.45, 7) is 0. The molecule has 0 bridgehead atoms. The van der Waals surface area contributed by atoms with Crippen molar-refractivity contribution in [2.45, 2.75) is 0 Å². The maximum Gasteiger partial charge on any atom is 5.00 e. The molecule has 0 heterocycles. The van der Waals surface area contributed by atoms with Gasteiger partial charge in [-0.3, -0.25) is 0 Å². The van der Waals surface area contributed by atoms with Gasteiger partial charge in [-0.1, -0.05) is 0 Å². The molecule has 0 aliphatic rings. The topological polar surface area (TPSA) is 370 Å². The molecule has 108 valence electrons. The van der Waals surface area contributed by atoms with Crippen molar-refractivity contribution in [2.24, 2.45) is 0 Å². The van der Waals surface area contributed by atoms with Crippen LogP contribution in [0.3, 0.4) is 0 Å². The van der Waals surface area contributed by atoms with Crippen molar-refractivity contribution in [3.63, 3.8) is 0 Å². The van der Waals surface area contributed by atoms with Gasteiger partial charge < -0.3 is 71.2 Å². The van der Waals surface area contributed by atoms with Crippen LogP contribution in [0.4, 0.5) is 0 Å². The molecule has 0 aliphatic heterocycles. The fourth-order valence-electron chi connectivity index (χ4n) is 0. The summed E-state index contributed by atoms with van der Waals surface area (Å²) in [5.41, 5.74) is 0. The van der Waals surface area contributed by atoms with Crippen LogP contribution in [0.5, 0.6) is 0 Å². The summed E-state index contributed by atoms with van der Waals surface area (Å²) < 4.78 is 0. The van der Waals surface area contributed by atoms with Gasteiger partial charge in [-0.25, -0.2) is 0 Å². The van der Waals surface area contributed by atoms with Crippen molar-refractivity contribution in [1.29, 1.82) is 0 Å². The fraction of sp³-hybridized carbons (Fsp3) is 0. The van der Waals surface area contributed by atoms with Crippen LogP contribution in [0.1, 0.15) is 0 Å². The Hall–Kier alpha value is 5.77. The average molecular weight is 953 g/mol. The molecular weight excluding hydrogens is 953 g/mol. The Morgan fingerprint density at radius 3 is 0.238 bits per heavy atom. The van der Waals surface area contributed by atoms with E-state index < -0.39 is 0 Å². The Balaban J connectivity index is 0. The molecule has 0 atom stereocenters. The summed E-state index contributed by atoms with van der Waals surface area (Å²) in [6.07, 6.45) is 0. The van der Waals surface area contributed by atoms with Crippen LogP contribution in [-0.4, -0.2) is 101 Å². The van der Waals surface area contributed by atoms with E-state index in [1.54, 1.807) is 0 Å².